The van der Waals surface area contributed by atoms with Gasteiger partial charge in [-0.3, -0.25) is 4.79 Å². The first kappa shape index (κ1) is 14.4. The van der Waals surface area contributed by atoms with E-state index in [1.807, 2.05) is 20.8 Å². The second kappa shape index (κ2) is 6.32. The molecule has 0 radical (unpaired) electrons. The van der Waals surface area contributed by atoms with Gasteiger partial charge in [-0.1, -0.05) is 33.6 Å². The van der Waals surface area contributed by atoms with Crippen LogP contribution in [-0.2, 0) is 4.79 Å². The molecule has 0 aromatic carbocycles. The highest BCUT2D eigenvalue weighted by Gasteiger charge is 2.20. The van der Waals surface area contributed by atoms with E-state index in [0.29, 0.717) is 24.5 Å². The highest BCUT2D eigenvalue weighted by molar-refractivity contribution is 5.83. The van der Waals surface area contributed by atoms with E-state index in [-0.39, 0.29) is 11.2 Å². The Morgan fingerprint density at radius 3 is 2.59 bits per heavy atom. The van der Waals surface area contributed by atoms with Crippen molar-refractivity contribution in [2.24, 2.45) is 11.3 Å². The number of carbonyl (C=O) groups is 1. The van der Waals surface area contributed by atoms with Gasteiger partial charge in [-0.2, -0.15) is 0 Å². The van der Waals surface area contributed by atoms with Crippen LogP contribution in [0.15, 0.2) is 11.9 Å². The first-order chi connectivity index (χ1) is 7.89. The first-order valence-electron chi connectivity index (χ1n) is 6.79. The summed E-state index contributed by atoms with van der Waals surface area (Å²) in [7, 11) is 0. The van der Waals surface area contributed by atoms with Crippen LogP contribution in [0.1, 0.15) is 65.7 Å². The van der Waals surface area contributed by atoms with Crippen molar-refractivity contribution in [1.29, 1.82) is 0 Å². The van der Waals surface area contributed by atoms with Gasteiger partial charge in [0.15, 0.2) is 0 Å². The van der Waals surface area contributed by atoms with Crippen LogP contribution < -0.4 is 0 Å². The Labute approximate surface area is 104 Å². The second-order valence-corrected chi connectivity index (χ2v) is 6.18. The molecule has 0 aliphatic heterocycles. The summed E-state index contributed by atoms with van der Waals surface area (Å²) in [5.74, 6) is 0.871. The number of carbonyl (C=O) groups excluding carboxylic acids is 1. The van der Waals surface area contributed by atoms with E-state index in [2.05, 4.69) is 0 Å². The topological polar surface area (TPSA) is 17.1 Å². The molecule has 1 rings (SSSR count). The lowest BCUT2D eigenvalue weighted by Crippen LogP contribution is -2.19. The van der Waals surface area contributed by atoms with Gasteiger partial charge < -0.3 is 0 Å². The Morgan fingerprint density at radius 1 is 1.35 bits per heavy atom. The van der Waals surface area contributed by atoms with Crippen LogP contribution >= 0.6 is 0 Å². The van der Waals surface area contributed by atoms with Gasteiger partial charge >= 0.3 is 0 Å². The number of Topliss-reactive ketones (excluding diaryl/α,β-unsaturated/α-hetero) is 1. The van der Waals surface area contributed by atoms with Gasteiger partial charge in [0.25, 0.3) is 0 Å². The fourth-order valence-corrected chi connectivity index (χ4v) is 2.22. The summed E-state index contributed by atoms with van der Waals surface area (Å²) in [6.07, 6.45) is 8.35. The molecule has 0 heterocycles. The zero-order valence-corrected chi connectivity index (χ0v) is 11.4. The van der Waals surface area contributed by atoms with E-state index in [4.69, 9.17) is 0 Å². The quantitative estimate of drug-likeness (QED) is 0.608. The summed E-state index contributed by atoms with van der Waals surface area (Å²) < 4.78 is 12.8. The number of halogens is 1. The maximum absolute atomic E-state index is 12.8. The van der Waals surface area contributed by atoms with E-state index in [9.17, 15) is 9.18 Å². The number of unbranched alkanes of at least 4 members (excludes halogenated alkanes) is 2. The van der Waals surface area contributed by atoms with E-state index in [1.54, 1.807) is 6.08 Å². The maximum Gasteiger partial charge on any atom is 0.138 e. The van der Waals surface area contributed by atoms with Gasteiger partial charge in [-0.25, -0.2) is 4.39 Å². The number of rotatable bonds is 6. The third-order valence-corrected chi connectivity index (χ3v) is 3.49. The van der Waals surface area contributed by atoms with Gasteiger partial charge in [-0.15, -0.1) is 0 Å². The lowest BCUT2D eigenvalue weighted by molar-refractivity contribution is -0.126. The Morgan fingerprint density at radius 2 is 2.06 bits per heavy atom. The summed E-state index contributed by atoms with van der Waals surface area (Å²) >= 11 is 0. The highest BCUT2D eigenvalue weighted by atomic mass is 19.1. The number of ketones is 1. The van der Waals surface area contributed by atoms with Crippen molar-refractivity contribution in [3.8, 4) is 0 Å². The standard InChI is InChI=1S/C15H25FO/c1-15(2,3)14(17)8-6-4-5-7-12-9-10-13(16)11-12/h11-12H,4-10H2,1-3H3. The third-order valence-electron chi connectivity index (χ3n) is 3.49. The molecule has 98 valence electrons. The molecule has 0 aromatic heterocycles. The van der Waals surface area contributed by atoms with Crippen LogP contribution in [0.4, 0.5) is 4.39 Å². The SMILES string of the molecule is CC(C)(C)C(=O)CCCCCC1C=C(F)CC1. The van der Waals surface area contributed by atoms with Gasteiger partial charge in [0.05, 0.1) is 5.83 Å². The predicted octanol–water partition coefficient (Wildman–Crippen LogP) is 4.82. The molecule has 1 nitrogen and oxygen atoms in total. The molecule has 0 aromatic rings. The second-order valence-electron chi connectivity index (χ2n) is 6.18. The molecule has 0 saturated heterocycles. The molecule has 1 atom stereocenters. The van der Waals surface area contributed by atoms with Gasteiger partial charge in [0, 0.05) is 11.8 Å². The van der Waals surface area contributed by atoms with Gasteiger partial charge in [0.1, 0.15) is 5.78 Å². The zero-order valence-electron chi connectivity index (χ0n) is 11.4. The number of hydrogen-bond acceptors (Lipinski definition) is 1. The Kier molecular flexibility index (Phi) is 5.35. The van der Waals surface area contributed by atoms with Gasteiger partial charge in [0.2, 0.25) is 0 Å². The zero-order chi connectivity index (χ0) is 12.9. The first-order valence-corrected chi connectivity index (χ1v) is 6.79. The molecule has 0 fully saturated rings. The molecule has 1 unspecified atom stereocenters. The summed E-state index contributed by atoms with van der Waals surface area (Å²) in [6, 6.07) is 0. The van der Waals surface area contributed by atoms with Crippen LogP contribution in [0.25, 0.3) is 0 Å². The molecular weight excluding hydrogens is 215 g/mol. The van der Waals surface area contributed by atoms with Crippen LogP contribution in [0.3, 0.4) is 0 Å². The molecule has 0 spiro atoms. The van der Waals surface area contributed by atoms with Crippen LogP contribution in [0, 0.1) is 11.3 Å². The van der Waals surface area contributed by atoms with Crippen LogP contribution in [0.5, 0.6) is 0 Å². The fourth-order valence-electron chi connectivity index (χ4n) is 2.22. The summed E-state index contributed by atoms with van der Waals surface area (Å²) in [4.78, 5) is 11.7. The van der Waals surface area contributed by atoms with Crippen LogP contribution in [0.2, 0.25) is 0 Å². The lowest BCUT2D eigenvalue weighted by Gasteiger charge is -2.16. The lowest BCUT2D eigenvalue weighted by atomic mass is 9.87. The van der Waals surface area contributed by atoms with Crippen molar-refractivity contribution < 1.29 is 9.18 Å². The van der Waals surface area contributed by atoms with Crippen molar-refractivity contribution in [3.63, 3.8) is 0 Å². The van der Waals surface area contributed by atoms with Crippen molar-refractivity contribution in [2.45, 2.75) is 65.7 Å². The van der Waals surface area contributed by atoms with E-state index in [0.717, 1.165) is 32.1 Å². The van der Waals surface area contributed by atoms with Crippen molar-refractivity contribution in [2.75, 3.05) is 0 Å². The Balaban J connectivity index is 2.04. The molecule has 2 heteroatoms. The summed E-state index contributed by atoms with van der Waals surface area (Å²) in [5.41, 5.74) is -0.197. The molecule has 1 aliphatic rings. The van der Waals surface area contributed by atoms with Crippen molar-refractivity contribution >= 4 is 5.78 Å². The molecule has 0 bridgehead atoms. The average Bonchev–Trinajstić information content (AvgIpc) is 2.62. The molecule has 0 saturated carbocycles. The smallest absolute Gasteiger partial charge is 0.138 e. The molecule has 0 N–H and O–H groups in total. The summed E-state index contributed by atoms with van der Waals surface area (Å²) in [6.45, 7) is 5.92. The minimum Gasteiger partial charge on any atom is -0.299 e. The highest BCUT2D eigenvalue weighted by Crippen LogP contribution is 2.29. The normalized spacial score (nSPS) is 20.5. The van der Waals surface area contributed by atoms with E-state index < -0.39 is 0 Å². The molecule has 17 heavy (non-hydrogen) atoms. The minimum absolute atomic E-state index is 0.0675. The molecule has 0 amide bonds. The minimum atomic E-state index is -0.197. The third kappa shape index (κ3) is 5.47. The molecular formula is C15H25FO. The number of allylic oxidation sites excluding steroid dienone is 2. The van der Waals surface area contributed by atoms with Crippen LogP contribution in [-0.4, -0.2) is 5.78 Å². The van der Waals surface area contributed by atoms with Crippen molar-refractivity contribution in [1.82, 2.24) is 0 Å². The largest absolute Gasteiger partial charge is 0.299 e. The summed E-state index contributed by atoms with van der Waals surface area (Å²) in [5, 5.41) is 0. The molecule has 1 aliphatic carbocycles. The average molecular weight is 240 g/mol. The Hall–Kier alpha value is -0.660. The monoisotopic (exact) mass is 240 g/mol. The van der Waals surface area contributed by atoms with E-state index in [1.165, 1.54) is 0 Å². The maximum atomic E-state index is 12.8. The number of hydrogen-bond donors (Lipinski definition) is 0. The van der Waals surface area contributed by atoms with E-state index >= 15 is 0 Å². The van der Waals surface area contributed by atoms with Crippen molar-refractivity contribution in [3.05, 3.63) is 11.9 Å². The Bertz CT molecular complexity index is 286. The van der Waals surface area contributed by atoms with Gasteiger partial charge in [-0.05, 0) is 37.7 Å². The predicted molar refractivity (Wildman–Crippen MR) is 69.5 cm³/mol. The fraction of sp³-hybridized carbons (Fsp3) is 0.800.